The van der Waals surface area contributed by atoms with Crippen LogP contribution < -0.4 is 0 Å². The maximum atomic E-state index is 11.9. The van der Waals surface area contributed by atoms with E-state index in [4.69, 9.17) is 11.6 Å². The summed E-state index contributed by atoms with van der Waals surface area (Å²) >= 11 is 5.40. The van der Waals surface area contributed by atoms with Gasteiger partial charge in [-0.05, 0) is 27.7 Å². The maximum Gasteiger partial charge on any atom is 0.230 e. The molecule has 1 amide bonds. The Morgan fingerprint density at radius 3 is 2.00 bits per heavy atom. The topological polar surface area (TPSA) is 57.6 Å². The Labute approximate surface area is 108 Å². The van der Waals surface area contributed by atoms with Crippen LogP contribution in [0.4, 0.5) is 0 Å². The minimum Gasteiger partial charge on any atom is -0.391 e. The molecule has 1 atom stereocenters. The number of aliphatic hydroxyl groups excluding tert-OH is 1. The zero-order valence-corrected chi connectivity index (χ0v) is 11.7. The van der Waals surface area contributed by atoms with Crippen LogP contribution in [0.1, 0.15) is 40.5 Å². The number of hydrogen-bond donors (Lipinski definition) is 1. The molecule has 0 aliphatic carbocycles. The van der Waals surface area contributed by atoms with Gasteiger partial charge in [0.15, 0.2) is 0 Å². The molecule has 0 heterocycles. The number of halogens is 1. The molecule has 0 aromatic heterocycles. The van der Waals surface area contributed by atoms with Crippen LogP contribution in [0.5, 0.6) is 0 Å². The molecule has 0 bridgehead atoms. The second-order valence-corrected chi connectivity index (χ2v) is 5.02. The number of Topliss-reactive ketones (excluding diaryl/α,β-unsaturated/α-hetero) is 1. The predicted molar refractivity (Wildman–Crippen MR) is 68.1 cm³/mol. The number of carbonyl (C=O) groups excluding carboxylic acids is 2. The van der Waals surface area contributed by atoms with Crippen molar-refractivity contribution in [2.24, 2.45) is 0 Å². The fraction of sp³-hybridized carbons (Fsp3) is 0.833. The van der Waals surface area contributed by atoms with Crippen LogP contribution in [0.2, 0.25) is 0 Å². The highest BCUT2D eigenvalue weighted by Crippen LogP contribution is 2.09. The lowest BCUT2D eigenvalue weighted by Gasteiger charge is -2.30. The van der Waals surface area contributed by atoms with Crippen molar-refractivity contribution in [3.05, 3.63) is 0 Å². The lowest BCUT2D eigenvalue weighted by Crippen LogP contribution is -2.43. The molecule has 100 valence electrons. The lowest BCUT2D eigenvalue weighted by atomic mass is 10.1. The highest BCUT2D eigenvalue weighted by Gasteiger charge is 2.23. The van der Waals surface area contributed by atoms with Crippen LogP contribution in [0.25, 0.3) is 0 Å². The Morgan fingerprint density at radius 1 is 1.18 bits per heavy atom. The van der Waals surface area contributed by atoms with Gasteiger partial charge in [0.05, 0.1) is 12.5 Å². The van der Waals surface area contributed by atoms with E-state index in [-0.39, 0.29) is 42.5 Å². The molecule has 1 N–H and O–H groups in total. The van der Waals surface area contributed by atoms with Gasteiger partial charge in [-0.1, -0.05) is 0 Å². The minimum absolute atomic E-state index is 0.0119. The standard InChI is InChI=1S/C12H22ClNO3/c1-8(2)14(9(3)4)12(17)6-10(15)5-11(16)7-13/h8-9,11,16H,5-7H2,1-4H3/t11-/m0/s1. The van der Waals surface area contributed by atoms with Gasteiger partial charge in [-0.3, -0.25) is 9.59 Å². The van der Waals surface area contributed by atoms with Gasteiger partial charge in [-0.2, -0.15) is 0 Å². The minimum atomic E-state index is -0.858. The van der Waals surface area contributed by atoms with E-state index >= 15 is 0 Å². The van der Waals surface area contributed by atoms with Gasteiger partial charge in [0.1, 0.15) is 5.78 Å². The Kier molecular flexibility index (Phi) is 7.39. The first-order valence-corrected chi connectivity index (χ1v) is 6.39. The highest BCUT2D eigenvalue weighted by atomic mass is 35.5. The number of carbonyl (C=O) groups is 2. The third kappa shape index (κ3) is 6.03. The zero-order chi connectivity index (χ0) is 13.6. The molecule has 0 saturated heterocycles. The van der Waals surface area contributed by atoms with E-state index in [1.807, 2.05) is 27.7 Å². The van der Waals surface area contributed by atoms with E-state index < -0.39 is 6.10 Å². The number of aliphatic hydroxyl groups is 1. The van der Waals surface area contributed by atoms with Crippen molar-refractivity contribution in [2.45, 2.75) is 58.7 Å². The smallest absolute Gasteiger partial charge is 0.230 e. The highest BCUT2D eigenvalue weighted by molar-refractivity contribution is 6.18. The van der Waals surface area contributed by atoms with Gasteiger partial charge in [-0.15, -0.1) is 11.6 Å². The van der Waals surface area contributed by atoms with Gasteiger partial charge >= 0.3 is 0 Å². The van der Waals surface area contributed by atoms with Crippen LogP contribution in [0, 0.1) is 0 Å². The van der Waals surface area contributed by atoms with Crippen LogP contribution in [0.3, 0.4) is 0 Å². The molecule has 5 heteroatoms. The maximum absolute atomic E-state index is 11.9. The van der Waals surface area contributed by atoms with E-state index in [1.54, 1.807) is 4.90 Å². The fourth-order valence-electron chi connectivity index (χ4n) is 1.82. The van der Waals surface area contributed by atoms with Crippen LogP contribution in [0.15, 0.2) is 0 Å². The van der Waals surface area contributed by atoms with Crippen LogP contribution in [-0.4, -0.2) is 45.8 Å². The molecule has 0 rings (SSSR count). The second-order valence-electron chi connectivity index (χ2n) is 4.72. The van der Waals surface area contributed by atoms with Gasteiger partial charge < -0.3 is 10.0 Å². The van der Waals surface area contributed by atoms with Crippen molar-refractivity contribution in [3.63, 3.8) is 0 Å². The molecule has 0 aromatic rings. The molecule has 0 unspecified atom stereocenters. The summed E-state index contributed by atoms with van der Waals surface area (Å²) in [5.74, 6) is -0.450. The summed E-state index contributed by atoms with van der Waals surface area (Å²) in [4.78, 5) is 25.1. The number of rotatable bonds is 7. The molecule has 17 heavy (non-hydrogen) atoms. The van der Waals surface area contributed by atoms with Crippen molar-refractivity contribution >= 4 is 23.3 Å². The van der Waals surface area contributed by atoms with Gasteiger partial charge in [0, 0.05) is 24.4 Å². The third-order valence-corrected chi connectivity index (χ3v) is 2.75. The zero-order valence-electron chi connectivity index (χ0n) is 10.9. The monoisotopic (exact) mass is 263 g/mol. The van der Waals surface area contributed by atoms with Crippen molar-refractivity contribution < 1.29 is 14.7 Å². The number of alkyl halides is 1. The molecule has 4 nitrogen and oxygen atoms in total. The Balaban J connectivity index is 4.36. The summed E-state index contributed by atoms with van der Waals surface area (Å²) in [5, 5.41) is 9.22. The molecule has 0 saturated carbocycles. The van der Waals surface area contributed by atoms with E-state index in [0.717, 1.165) is 0 Å². The van der Waals surface area contributed by atoms with Crippen LogP contribution in [-0.2, 0) is 9.59 Å². The summed E-state index contributed by atoms with van der Waals surface area (Å²) in [6.45, 7) is 7.65. The van der Waals surface area contributed by atoms with Gasteiger partial charge in [-0.25, -0.2) is 0 Å². The summed E-state index contributed by atoms with van der Waals surface area (Å²) in [5.41, 5.74) is 0. The van der Waals surface area contributed by atoms with E-state index in [0.29, 0.717) is 0 Å². The average molecular weight is 264 g/mol. The SMILES string of the molecule is CC(C)N(C(=O)CC(=O)C[C@H](O)CCl)C(C)C. The molecule has 0 aliphatic heterocycles. The van der Waals surface area contributed by atoms with E-state index in [1.165, 1.54) is 0 Å². The first-order valence-electron chi connectivity index (χ1n) is 5.86. The van der Waals surface area contributed by atoms with Crippen molar-refractivity contribution in [3.8, 4) is 0 Å². The van der Waals surface area contributed by atoms with E-state index in [9.17, 15) is 14.7 Å². The van der Waals surface area contributed by atoms with E-state index in [2.05, 4.69) is 0 Å². The molecule has 0 aliphatic rings. The average Bonchev–Trinajstić information content (AvgIpc) is 2.15. The molecular formula is C12H22ClNO3. The number of amides is 1. The summed E-state index contributed by atoms with van der Waals surface area (Å²) < 4.78 is 0. The Morgan fingerprint density at radius 2 is 1.65 bits per heavy atom. The quantitative estimate of drug-likeness (QED) is 0.560. The largest absolute Gasteiger partial charge is 0.391 e. The molecular weight excluding hydrogens is 242 g/mol. The summed E-state index contributed by atoms with van der Waals surface area (Å²) in [6, 6.07) is 0.126. The normalized spacial score (nSPS) is 12.9. The number of ketones is 1. The predicted octanol–water partition coefficient (Wildman–Crippen LogP) is 1.58. The van der Waals surface area contributed by atoms with Crippen molar-refractivity contribution in [1.29, 1.82) is 0 Å². The first kappa shape index (κ1) is 16.4. The molecule has 0 fully saturated rings. The second kappa shape index (κ2) is 7.67. The summed E-state index contributed by atoms with van der Waals surface area (Å²) in [7, 11) is 0. The van der Waals surface area contributed by atoms with Crippen molar-refractivity contribution in [1.82, 2.24) is 4.90 Å². The first-order chi connectivity index (χ1) is 7.79. The molecule has 0 radical (unpaired) electrons. The Bertz CT molecular complexity index is 258. The Hall–Kier alpha value is -0.610. The van der Waals surface area contributed by atoms with Gasteiger partial charge in [0.25, 0.3) is 0 Å². The number of hydrogen-bond acceptors (Lipinski definition) is 3. The molecule has 0 spiro atoms. The third-order valence-electron chi connectivity index (χ3n) is 2.39. The van der Waals surface area contributed by atoms with Gasteiger partial charge in [0.2, 0.25) is 5.91 Å². The summed E-state index contributed by atoms with van der Waals surface area (Å²) in [6.07, 6.45) is -1.08. The lowest BCUT2D eigenvalue weighted by molar-refractivity contribution is -0.138. The molecule has 0 aromatic carbocycles. The fourth-order valence-corrected chi connectivity index (χ4v) is 1.93. The van der Waals surface area contributed by atoms with Crippen LogP contribution >= 0.6 is 11.6 Å². The van der Waals surface area contributed by atoms with Crippen molar-refractivity contribution in [2.75, 3.05) is 5.88 Å². The number of nitrogens with zero attached hydrogens (tertiary/aromatic N) is 1.